The number of pyridine rings is 1. The van der Waals surface area contributed by atoms with Gasteiger partial charge in [0.2, 0.25) is 17.6 Å². The molecule has 2 aromatic heterocycles. The first-order chi connectivity index (χ1) is 15.2. The first-order valence-corrected chi connectivity index (χ1v) is 10.5. The van der Waals surface area contributed by atoms with Gasteiger partial charge < -0.3 is 9.42 Å². The number of carbonyl (C=O) groups is 1. The summed E-state index contributed by atoms with van der Waals surface area (Å²) in [4.78, 5) is 26.0. The molecular weight excluding hydrogens is 392 g/mol. The van der Waals surface area contributed by atoms with Crippen molar-refractivity contribution in [3.8, 4) is 17.6 Å². The van der Waals surface area contributed by atoms with Gasteiger partial charge in [0.1, 0.15) is 5.69 Å². The van der Waals surface area contributed by atoms with Crippen LogP contribution in [0.1, 0.15) is 36.6 Å². The number of hydrogen-bond acceptors (Lipinski definition) is 7. The molecule has 0 N–H and O–H groups in total. The highest BCUT2D eigenvalue weighted by atomic mass is 16.5. The number of rotatable bonds is 4. The van der Waals surface area contributed by atoms with Gasteiger partial charge in [-0.05, 0) is 68.8 Å². The van der Waals surface area contributed by atoms with Crippen molar-refractivity contribution >= 4 is 11.6 Å². The largest absolute Gasteiger partial charge is 0.339 e. The van der Waals surface area contributed by atoms with Gasteiger partial charge in [-0.1, -0.05) is 11.2 Å². The molecule has 2 aliphatic rings. The summed E-state index contributed by atoms with van der Waals surface area (Å²) in [5, 5.41) is 13.0. The van der Waals surface area contributed by atoms with E-state index in [-0.39, 0.29) is 17.9 Å². The number of piperidine rings is 1. The van der Waals surface area contributed by atoms with Crippen molar-refractivity contribution in [3.63, 3.8) is 0 Å². The fraction of sp³-hybridized carbons (Fsp3) is 0.348. The fourth-order valence-electron chi connectivity index (χ4n) is 4.43. The highest BCUT2D eigenvalue weighted by Gasteiger charge is 2.38. The molecule has 3 aromatic rings. The van der Waals surface area contributed by atoms with E-state index in [4.69, 9.17) is 9.78 Å². The van der Waals surface area contributed by atoms with Crippen LogP contribution < -0.4 is 4.90 Å². The molecular formula is C23H22N6O2. The van der Waals surface area contributed by atoms with E-state index in [0.717, 1.165) is 38.0 Å². The van der Waals surface area contributed by atoms with Crippen LogP contribution in [0, 0.1) is 11.3 Å². The van der Waals surface area contributed by atoms with Gasteiger partial charge in [-0.25, -0.2) is 0 Å². The molecule has 0 spiro atoms. The van der Waals surface area contributed by atoms with Crippen LogP contribution in [0.15, 0.2) is 53.2 Å². The smallest absolute Gasteiger partial charge is 0.244 e. The van der Waals surface area contributed by atoms with Crippen LogP contribution in [-0.4, -0.2) is 51.6 Å². The molecule has 8 heteroatoms. The van der Waals surface area contributed by atoms with Gasteiger partial charge >= 0.3 is 0 Å². The number of aromatic nitrogens is 3. The van der Waals surface area contributed by atoms with Crippen LogP contribution in [0.25, 0.3) is 11.5 Å². The molecule has 2 aliphatic heterocycles. The van der Waals surface area contributed by atoms with Gasteiger partial charge in [0, 0.05) is 24.3 Å². The Hall–Kier alpha value is -3.57. The normalized spacial score (nSPS) is 20.2. The summed E-state index contributed by atoms with van der Waals surface area (Å²) in [6.07, 6.45) is 4.28. The Kier molecular flexibility index (Phi) is 5.18. The van der Waals surface area contributed by atoms with Gasteiger partial charge in [-0.2, -0.15) is 10.2 Å². The first-order valence-electron chi connectivity index (χ1n) is 10.5. The molecule has 1 unspecified atom stereocenters. The summed E-state index contributed by atoms with van der Waals surface area (Å²) < 4.78 is 5.52. The van der Waals surface area contributed by atoms with Crippen molar-refractivity contribution in [1.82, 2.24) is 20.0 Å². The lowest BCUT2D eigenvalue weighted by atomic mass is 9.95. The molecule has 1 amide bonds. The van der Waals surface area contributed by atoms with E-state index in [9.17, 15) is 4.79 Å². The Morgan fingerprint density at radius 3 is 2.55 bits per heavy atom. The summed E-state index contributed by atoms with van der Waals surface area (Å²) in [6.45, 7) is 2.35. The van der Waals surface area contributed by atoms with Gasteiger partial charge in [0.15, 0.2) is 0 Å². The number of anilines is 1. The van der Waals surface area contributed by atoms with E-state index in [2.05, 4.69) is 26.1 Å². The predicted molar refractivity (Wildman–Crippen MR) is 113 cm³/mol. The van der Waals surface area contributed by atoms with Crippen LogP contribution in [-0.2, 0) is 4.79 Å². The lowest BCUT2D eigenvalue weighted by Crippen LogP contribution is -2.45. The molecule has 31 heavy (non-hydrogen) atoms. The highest BCUT2D eigenvalue weighted by molar-refractivity contribution is 5.99. The average Bonchev–Trinajstić information content (AvgIpc) is 3.47. The number of likely N-dealkylation sites (tertiary alicyclic amines) is 1. The number of hydrogen-bond donors (Lipinski definition) is 0. The highest BCUT2D eigenvalue weighted by Crippen LogP contribution is 2.32. The van der Waals surface area contributed by atoms with Gasteiger partial charge in [-0.3, -0.25) is 14.7 Å². The van der Waals surface area contributed by atoms with Crippen molar-refractivity contribution < 1.29 is 9.32 Å². The summed E-state index contributed by atoms with van der Waals surface area (Å²) >= 11 is 0. The minimum absolute atomic E-state index is 0.0941. The maximum absolute atomic E-state index is 13.0. The minimum Gasteiger partial charge on any atom is -0.339 e. The Labute approximate surface area is 180 Å². The van der Waals surface area contributed by atoms with Crippen molar-refractivity contribution in [3.05, 3.63) is 60.1 Å². The van der Waals surface area contributed by atoms with Crippen molar-refractivity contribution in [1.29, 1.82) is 5.26 Å². The van der Waals surface area contributed by atoms with E-state index in [1.54, 1.807) is 18.3 Å². The van der Waals surface area contributed by atoms with Crippen LogP contribution in [0.5, 0.6) is 0 Å². The van der Waals surface area contributed by atoms with Gasteiger partial charge in [0.05, 0.1) is 17.7 Å². The van der Waals surface area contributed by atoms with Crippen molar-refractivity contribution in [2.45, 2.75) is 31.2 Å². The molecule has 156 valence electrons. The van der Waals surface area contributed by atoms with E-state index >= 15 is 0 Å². The molecule has 2 saturated heterocycles. The molecule has 0 radical (unpaired) electrons. The molecule has 0 aliphatic carbocycles. The zero-order valence-corrected chi connectivity index (χ0v) is 17.0. The molecule has 0 saturated carbocycles. The summed E-state index contributed by atoms with van der Waals surface area (Å²) in [5.41, 5.74) is 2.16. The Bertz CT molecular complexity index is 1100. The third-order valence-corrected chi connectivity index (χ3v) is 6.14. The van der Waals surface area contributed by atoms with Crippen LogP contribution in [0.4, 0.5) is 5.69 Å². The van der Waals surface area contributed by atoms with Crippen LogP contribution in [0.2, 0.25) is 0 Å². The number of benzene rings is 1. The number of nitrogens with zero attached hydrogens (tertiary/aromatic N) is 6. The maximum Gasteiger partial charge on any atom is 0.244 e. The second-order valence-electron chi connectivity index (χ2n) is 7.93. The van der Waals surface area contributed by atoms with E-state index in [0.29, 0.717) is 29.5 Å². The number of amides is 1. The Balaban J connectivity index is 1.20. The number of nitriles is 1. The van der Waals surface area contributed by atoms with Crippen molar-refractivity contribution in [2.75, 3.05) is 24.5 Å². The minimum atomic E-state index is -0.0941. The topological polar surface area (TPSA) is 99.2 Å². The average molecular weight is 414 g/mol. The molecule has 4 heterocycles. The zero-order chi connectivity index (χ0) is 21.2. The fourth-order valence-corrected chi connectivity index (χ4v) is 4.43. The first kappa shape index (κ1) is 19.4. The standard InChI is InChI=1S/C23H22N6O2/c24-15-16-4-6-18(7-5-16)29-14-10-20(23(29)30)28-12-8-17(9-13-28)22-26-21(27-31-22)19-3-1-2-11-25-19/h1-7,11,17,20H,8-10,12-14H2. The maximum atomic E-state index is 13.0. The predicted octanol–water partition coefficient (Wildman–Crippen LogP) is 2.99. The number of carbonyl (C=O) groups excluding carboxylic acids is 1. The monoisotopic (exact) mass is 414 g/mol. The van der Waals surface area contributed by atoms with E-state index < -0.39 is 0 Å². The second kappa shape index (κ2) is 8.28. The van der Waals surface area contributed by atoms with Crippen LogP contribution in [0.3, 0.4) is 0 Å². The second-order valence-corrected chi connectivity index (χ2v) is 7.93. The molecule has 1 aromatic carbocycles. The van der Waals surface area contributed by atoms with Gasteiger partial charge in [0.25, 0.3) is 0 Å². The third kappa shape index (κ3) is 3.80. The lowest BCUT2D eigenvalue weighted by molar-refractivity contribution is -0.122. The van der Waals surface area contributed by atoms with Crippen LogP contribution >= 0.6 is 0 Å². The molecule has 1 atom stereocenters. The zero-order valence-electron chi connectivity index (χ0n) is 17.0. The molecule has 2 fully saturated rings. The quantitative estimate of drug-likeness (QED) is 0.647. The van der Waals surface area contributed by atoms with E-state index in [1.165, 1.54) is 0 Å². The summed E-state index contributed by atoms with van der Waals surface area (Å²) in [7, 11) is 0. The molecule has 5 rings (SSSR count). The van der Waals surface area contributed by atoms with Crippen molar-refractivity contribution in [2.24, 2.45) is 0 Å². The summed E-state index contributed by atoms with van der Waals surface area (Å²) in [6, 6.07) is 14.8. The molecule has 8 nitrogen and oxygen atoms in total. The molecule has 0 bridgehead atoms. The summed E-state index contributed by atoms with van der Waals surface area (Å²) in [5.74, 6) is 1.50. The van der Waals surface area contributed by atoms with E-state index in [1.807, 2.05) is 35.2 Å². The third-order valence-electron chi connectivity index (χ3n) is 6.14. The van der Waals surface area contributed by atoms with Gasteiger partial charge in [-0.15, -0.1) is 0 Å². The Morgan fingerprint density at radius 1 is 1.03 bits per heavy atom. The lowest BCUT2D eigenvalue weighted by Gasteiger charge is -2.33. The Morgan fingerprint density at radius 2 is 1.84 bits per heavy atom. The SMILES string of the molecule is N#Cc1ccc(N2CCC(N3CCC(c4nc(-c5ccccn5)no4)CC3)C2=O)cc1.